The van der Waals surface area contributed by atoms with E-state index in [2.05, 4.69) is 15.0 Å². The molecular formula is C21H23N3O5S. The summed E-state index contributed by atoms with van der Waals surface area (Å²) in [5.41, 5.74) is 2.22. The van der Waals surface area contributed by atoms with Crippen molar-refractivity contribution < 1.29 is 22.7 Å². The minimum Gasteiger partial charge on any atom is -0.453 e. The standard InChI is InChI=1S/C21H23N3O5S/c1-14-9-11-16(12-10-14)23-21(26)15(2)29-19(25)8-5-13-22-20-17-6-3-4-7-18(17)30(27,28)24-20/h3-4,6-7,9-12,15H,5,8,13H2,1-2H3,(H,22,24)(H,23,26). The smallest absolute Gasteiger partial charge is 0.306 e. The Hall–Kier alpha value is -3.20. The van der Waals surface area contributed by atoms with E-state index in [1.807, 2.05) is 19.1 Å². The molecule has 1 amide bonds. The van der Waals surface area contributed by atoms with Gasteiger partial charge in [0.05, 0.1) is 4.90 Å². The van der Waals surface area contributed by atoms with E-state index >= 15 is 0 Å². The van der Waals surface area contributed by atoms with Gasteiger partial charge in [-0.2, -0.15) is 0 Å². The van der Waals surface area contributed by atoms with Crippen LogP contribution in [0.1, 0.15) is 30.9 Å². The number of nitrogens with zero attached hydrogens (tertiary/aromatic N) is 1. The zero-order valence-corrected chi connectivity index (χ0v) is 17.5. The molecule has 0 saturated carbocycles. The van der Waals surface area contributed by atoms with Crippen LogP contribution in [0.15, 0.2) is 58.4 Å². The van der Waals surface area contributed by atoms with E-state index in [4.69, 9.17) is 4.74 Å². The van der Waals surface area contributed by atoms with Crippen LogP contribution in [0.4, 0.5) is 5.69 Å². The molecule has 2 aromatic carbocycles. The van der Waals surface area contributed by atoms with E-state index in [-0.39, 0.29) is 23.7 Å². The van der Waals surface area contributed by atoms with Gasteiger partial charge in [0.1, 0.15) is 5.84 Å². The Balaban J connectivity index is 1.45. The van der Waals surface area contributed by atoms with Gasteiger partial charge in [0.25, 0.3) is 15.9 Å². The van der Waals surface area contributed by atoms with Crippen molar-refractivity contribution in [2.45, 2.75) is 37.7 Å². The van der Waals surface area contributed by atoms with Gasteiger partial charge in [-0.3, -0.25) is 19.3 Å². The fourth-order valence-electron chi connectivity index (χ4n) is 2.86. The number of fused-ring (bicyclic) bond motifs is 1. The van der Waals surface area contributed by atoms with E-state index in [0.29, 0.717) is 17.7 Å². The van der Waals surface area contributed by atoms with Gasteiger partial charge in [0, 0.05) is 24.2 Å². The van der Waals surface area contributed by atoms with E-state index in [1.54, 1.807) is 30.3 Å². The summed E-state index contributed by atoms with van der Waals surface area (Å²) < 4.78 is 31.6. The molecule has 1 heterocycles. The van der Waals surface area contributed by atoms with Crippen molar-refractivity contribution in [1.29, 1.82) is 0 Å². The Morgan fingerprint density at radius 1 is 1.13 bits per heavy atom. The molecule has 1 aliphatic heterocycles. The second kappa shape index (κ2) is 9.08. The maximum absolute atomic E-state index is 12.1. The Labute approximate surface area is 175 Å². The first kappa shape index (κ1) is 21.5. The Morgan fingerprint density at radius 2 is 1.83 bits per heavy atom. The predicted molar refractivity (Wildman–Crippen MR) is 113 cm³/mol. The number of amides is 1. The third-order valence-electron chi connectivity index (χ3n) is 4.47. The number of aliphatic imine (C=N–C) groups is 1. The lowest BCUT2D eigenvalue weighted by Gasteiger charge is -2.13. The van der Waals surface area contributed by atoms with E-state index in [9.17, 15) is 18.0 Å². The zero-order chi connectivity index (χ0) is 21.7. The minimum absolute atomic E-state index is 0.0628. The highest BCUT2D eigenvalue weighted by atomic mass is 32.2. The number of carbonyl (C=O) groups excluding carboxylic acids is 2. The maximum Gasteiger partial charge on any atom is 0.306 e. The second-order valence-corrected chi connectivity index (χ2v) is 8.57. The third-order valence-corrected chi connectivity index (χ3v) is 5.87. The monoisotopic (exact) mass is 429 g/mol. The fraction of sp³-hybridized carbons (Fsp3) is 0.286. The Bertz CT molecular complexity index is 1080. The topological polar surface area (TPSA) is 114 Å². The van der Waals surface area contributed by atoms with E-state index in [1.165, 1.54) is 13.0 Å². The van der Waals surface area contributed by atoms with Crippen molar-refractivity contribution in [3.8, 4) is 0 Å². The summed E-state index contributed by atoms with van der Waals surface area (Å²) in [4.78, 5) is 28.6. The molecule has 3 rings (SSSR count). The highest BCUT2D eigenvalue weighted by Gasteiger charge is 2.29. The number of hydrogen-bond acceptors (Lipinski definition) is 6. The number of benzene rings is 2. The predicted octanol–water partition coefficient (Wildman–Crippen LogP) is 2.38. The van der Waals surface area contributed by atoms with Crippen molar-refractivity contribution in [2.24, 2.45) is 4.99 Å². The van der Waals surface area contributed by atoms with Gasteiger partial charge >= 0.3 is 5.97 Å². The average Bonchev–Trinajstić information content (AvgIpc) is 2.97. The SMILES string of the molecule is Cc1ccc(NC(=O)C(C)OC(=O)CCCN=C2NS(=O)(=O)c3ccccc32)cc1. The molecule has 0 bridgehead atoms. The van der Waals surface area contributed by atoms with Gasteiger partial charge in [-0.1, -0.05) is 29.8 Å². The summed E-state index contributed by atoms with van der Waals surface area (Å²) in [6.45, 7) is 3.69. The van der Waals surface area contributed by atoms with Crippen LogP contribution in [0.3, 0.4) is 0 Å². The molecular weight excluding hydrogens is 406 g/mol. The van der Waals surface area contributed by atoms with Crippen LogP contribution in [-0.2, 0) is 24.3 Å². The molecule has 158 valence electrons. The maximum atomic E-state index is 12.1. The number of esters is 1. The molecule has 2 aromatic rings. The molecule has 0 saturated heterocycles. The lowest BCUT2D eigenvalue weighted by Crippen LogP contribution is -2.30. The number of anilines is 1. The zero-order valence-electron chi connectivity index (χ0n) is 16.7. The number of amidine groups is 1. The van der Waals surface area contributed by atoms with Crippen molar-refractivity contribution in [1.82, 2.24) is 4.72 Å². The minimum atomic E-state index is -3.58. The van der Waals surface area contributed by atoms with Crippen LogP contribution in [0.2, 0.25) is 0 Å². The first-order chi connectivity index (χ1) is 14.3. The van der Waals surface area contributed by atoms with Gasteiger partial charge < -0.3 is 10.1 Å². The first-order valence-electron chi connectivity index (χ1n) is 9.50. The van der Waals surface area contributed by atoms with Gasteiger partial charge in [-0.05, 0) is 44.5 Å². The van der Waals surface area contributed by atoms with E-state index < -0.39 is 28.0 Å². The largest absolute Gasteiger partial charge is 0.453 e. The highest BCUT2D eigenvalue weighted by Crippen LogP contribution is 2.22. The first-order valence-corrected chi connectivity index (χ1v) is 11.0. The number of hydrogen-bond donors (Lipinski definition) is 2. The van der Waals surface area contributed by atoms with Crippen molar-refractivity contribution >= 4 is 33.4 Å². The number of sulfonamides is 1. The summed E-state index contributed by atoms with van der Waals surface area (Å²) in [7, 11) is -3.58. The summed E-state index contributed by atoms with van der Waals surface area (Å²) >= 11 is 0. The van der Waals surface area contributed by atoms with Crippen molar-refractivity contribution in [3.63, 3.8) is 0 Å². The summed E-state index contributed by atoms with van der Waals surface area (Å²) in [6, 6.07) is 13.9. The fourth-order valence-corrected chi connectivity index (χ4v) is 4.11. The van der Waals surface area contributed by atoms with Crippen LogP contribution in [0.5, 0.6) is 0 Å². The molecule has 1 aliphatic rings. The molecule has 0 aromatic heterocycles. The molecule has 1 unspecified atom stereocenters. The molecule has 30 heavy (non-hydrogen) atoms. The molecule has 0 fully saturated rings. The second-order valence-electron chi connectivity index (χ2n) is 6.92. The number of nitrogens with one attached hydrogen (secondary N) is 2. The Kier molecular flexibility index (Phi) is 6.51. The molecule has 0 spiro atoms. The van der Waals surface area contributed by atoms with Crippen LogP contribution in [0, 0.1) is 6.92 Å². The average molecular weight is 429 g/mol. The number of ether oxygens (including phenoxy) is 1. The lowest BCUT2D eigenvalue weighted by atomic mass is 10.2. The number of rotatable bonds is 7. The summed E-state index contributed by atoms with van der Waals surface area (Å²) in [5, 5.41) is 2.69. The quantitative estimate of drug-likeness (QED) is 0.518. The molecule has 8 nitrogen and oxygen atoms in total. The van der Waals surface area contributed by atoms with Crippen molar-refractivity contribution in [2.75, 3.05) is 11.9 Å². The third kappa shape index (κ3) is 5.24. The van der Waals surface area contributed by atoms with Gasteiger partial charge in [-0.25, -0.2) is 8.42 Å². The van der Waals surface area contributed by atoms with Gasteiger partial charge in [0.15, 0.2) is 6.10 Å². The lowest BCUT2D eigenvalue weighted by molar-refractivity contribution is -0.153. The summed E-state index contributed by atoms with van der Waals surface area (Å²) in [6.07, 6.45) is -0.509. The van der Waals surface area contributed by atoms with Crippen LogP contribution >= 0.6 is 0 Å². The van der Waals surface area contributed by atoms with Gasteiger partial charge in [0.2, 0.25) is 0 Å². The number of carbonyl (C=O) groups is 2. The molecule has 2 N–H and O–H groups in total. The number of aryl methyl sites for hydroxylation is 1. The molecule has 9 heteroatoms. The summed E-state index contributed by atoms with van der Waals surface area (Å²) in [5.74, 6) is -0.664. The molecule has 0 aliphatic carbocycles. The van der Waals surface area contributed by atoms with Crippen LogP contribution in [0.25, 0.3) is 0 Å². The van der Waals surface area contributed by atoms with Gasteiger partial charge in [-0.15, -0.1) is 0 Å². The highest BCUT2D eigenvalue weighted by molar-refractivity contribution is 7.90. The van der Waals surface area contributed by atoms with Crippen LogP contribution < -0.4 is 10.0 Å². The van der Waals surface area contributed by atoms with Crippen molar-refractivity contribution in [3.05, 3.63) is 59.7 Å². The Morgan fingerprint density at radius 3 is 2.57 bits per heavy atom. The van der Waals surface area contributed by atoms with Crippen LogP contribution in [-0.4, -0.2) is 38.8 Å². The molecule has 0 radical (unpaired) electrons. The normalized spacial score (nSPS) is 16.4. The molecule has 1 atom stereocenters. The van der Waals surface area contributed by atoms with E-state index in [0.717, 1.165) is 5.56 Å².